The van der Waals surface area contributed by atoms with Crippen LogP contribution < -0.4 is 0 Å². The molecule has 0 spiro atoms. The monoisotopic (exact) mass is 136 g/mol. The summed E-state index contributed by atoms with van der Waals surface area (Å²) in [5, 5.41) is 8.33. The third kappa shape index (κ3) is 1.61. The van der Waals surface area contributed by atoms with Crippen LogP contribution in [0.3, 0.4) is 0 Å². The molecular formula is C7H8N2O. The maximum absolute atomic E-state index is 8.33. The van der Waals surface area contributed by atoms with Crippen LogP contribution >= 0.6 is 0 Å². The first-order valence-electron chi connectivity index (χ1n) is 2.90. The average Bonchev–Trinajstić information content (AvgIpc) is 2.31. The molecule has 52 valence electrons. The molecule has 0 aliphatic rings. The Bertz CT molecular complexity index is 267. The number of aryl methyl sites for hydroxylation is 1. The Morgan fingerprint density at radius 3 is 3.10 bits per heavy atom. The molecule has 1 N–H and O–H groups in total. The molecule has 0 unspecified atom stereocenters. The predicted octanol–water partition coefficient (Wildman–Crippen LogP) is -0.236. The molecule has 0 amide bonds. The normalized spacial score (nSPS) is 8.60. The molecule has 1 rings (SSSR count). The van der Waals surface area contributed by atoms with Gasteiger partial charge in [0.15, 0.2) is 0 Å². The zero-order chi connectivity index (χ0) is 7.40. The number of aromatic nitrogens is 2. The van der Waals surface area contributed by atoms with Gasteiger partial charge in [-0.15, -0.1) is 0 Å². The molecule has 0 fully saturated rings. The van der Waals surface area contributed by atoms with Crippen LogP contribution in [-0.2, 0) is 7.05 Å². The van der Waals surface area contributed by atoms with Crippen molar-refractivity contribution in [2.75, 3.05) is 6.61 Å². The van der Waals surface area contributed by atoms with Gasteiger partial charge in [0.1, 0.15) is 12.3 Å². The van der Waals surface area contributed by atoms with Crippen LogP contribution in [-0.4, -0.2) is 21.3 Å². The number of imidazole rings is 1. The van der Waals surface area contributed by atoms with Gasteiger partial charge in [-0.3, -0.25) is 0 Å². The van der Waals surface area contributed by atoms with Gasteiger partial charge in [-0.05, 0) is 5.92 Å². The molecule has 0 radical (unpaired) electrons. The second kappa shape index (κ2) is 3.04. The average molecular weight is 136 g/mol. The van der Waals surface area contributed by atoms with Crippen molar-refractivity contribution in [3.63, 3.8) is 0 Å². The van der Waals surface area contributed by atoms with E-state index in [0.717, 1.165) is 0 Å². The van der Waals surface area contributed by atoms with Crippen LogP contribution in [0.2, 0.25) is 0 Å². The summed E-state index contributed by atoms with van der Waals surface area (Å²) >= 11 is 0. The lowest BCUT2D eigenvalue weighted by Crippen LogP contribution is -1.78. The maximum Gasteiger partial charge on any atom is 0.131 e. The van der Waals surface area contributed by atoms with Crippen LogP contribution in [0, 0.1) is 11.8 Å². The minimum atomic E-state index is -0.115. The van der Waals surface area contributed by atoms with E-state index in [9.17, 15) is 0 Å². The minimum Gasteiger partial charge on any atom is -0.384 e. The first-order chi connectivity index (χ1) is 4.83. The van der Waals surface area contributed by atoms with E-state index >= 15 is 0 Å². The summed E-state index contributed by atoms with van der Waals surface area (Å²) in [7, 11) is 1.87. The quantitative estimate of drug-likeness (QED) is 0.500. The fraction of sp³-hybridized carbons (Fsp3) is 0.286. The second-order valence-corrected chi connectivity index (χ2v) is 1.88. The summed E-state index contributed by atoms with van der Waals surface area (Å²) in [5.41, 5.74) is 0.691. The van der Waals surface area contributed by atoms with Gasteiger partial charge in [0.05, 0.1) is 6.33 Å². The Morgan fingerprint density at radius 2 is 2.60 bits per heavy atom. The van der Waals surface area contributed by atoms with Crippen molar-refractivity contribution in [2.45, 2.75) is 0 Å². The molecule has 1 aromatic heterocycles. The molecule has 0 saturated heterocycles. The minimum absolute atomic E-state index is 0.115. The third-order valence-electron chi connectivity index (χ3n) is 1.00. The molecule has 3 heteroatoms. The fourth-order valence-corrected chi connectivity index (χ4v) is 0.607. The van der Waals surface area contributed by atoms with E-state index in [1.54, 1.807) is 17.1 Å². The van der Waals surface area contributed by atoms with E-state index in [-0.39, 0.29) is 6.61 Å². The summed E-state index contributed by atoms with van der Waals surface area (Å²) in [5.74, 6) is 5.19. The van der Waals surface area contributed by atoms with Crippen molar-refractivity contribution >= 4 is 0 Å². The lowest BCUT2D eigenvalue weighted by atomic mass is 10.5. The van der Waals surface area contributed by atoms with Crippen molar-refractivity contribution < 1.29 is 5.11 Å². The Balaban J connectivity index is 2.76. The molecule has 0 saturated carbocycles. The summed E-state index contributed by atoms with van der Waals surface area (Å²) in [4.78, 5) is 3.93. The number of rotatable bonds is 0. The van der Waals surface area contributed by atoms with Gasteiger partial charge in [-0.1, -0.05) is 5.92 Å². The number of aliphatic hydroxyl groups excluding tert-OH is 1. The SMILES string of the molecule is Cn1cnc(C#CCO)c1. The van der Waals surface area contributed by atoms with Gasteiger partial charge in [0.25, 0.3) is 0 Å². The highest BCUT2D eigenvalue weighted by Crippen LogP contribution is 1.88. The number of hydrogen-bond donors (Lipinski definition) is 1. The van der Waals surface area contributed by atoms with Crippen LogP contribution in [0.15, 0.2) is 12.5 Å². The smallest absolute Gasteiger partial charge is 0.131 e. The fourth-order valence-electron chi connectivity index (χ4n) is 0.607. The van der Waals surface area contributed by atoms with Crippen LogP contribution in [0.5, 0.6) is 0 Å². The molecular weight excluding hydrogens is 128 g/mol. The maximum atomic E-state index is 8.33. The standard InChI is InChI=1S/C7H8N2O/c1-9-5-7(8-6-9)3-2-4-10/h5-6,10H,4H2,1H3. The largest absolute Gasteiger partial charge is 0.384 e. The lowest BCUT2D eigenvalue weighted by molar-refractivity contribution is 0.350. The van der Waals surface area contributed by atoms with Gasteiger partial charge in [0.2, 0.25) is 0 Å². The highest BCUT2D eigenvalue weighted by Gasteiger charge is 1.87. The van der Waals surface area contributed by atoms with Gasteiger partial charge in [0, 0.05) is 13.2 Å². The Kier molecular flexibility index (Phi) is 2.08. The Labute approximate surface area is 59.3 Å². The molecule has 0 aliphatic heterocycles. The van der Waals surface area contributed by atoms with E-state index in [1.165, 1.54) is 0 Å². The van der Waals surface area contributed by atoms with Gasteiger partial charge >= 0.3 is 0 Å². The number of aliphatic hydroxyl groups is 1. The first-order valence-corrected chi connectivity index (χ1v) is 2.90. The van der Waals surface area contributed by atoms with Crippen molar-refractivity contribution in [2.24, 2.45) is 7.05 Å². The van der Waals surface area contributed by atoms with Gasteiger partial charge < -0.3 is 9.67 Å². The molecule has 1 heterocycles. The zero-order valence-electron chi connectivity index (χ0n) is 5.70. The van der Waals surface area contributed by atoms with Crippen molar-refractivity contribution in [1.82, 2.24) is 9.55 Å². The van der Waals surface area contributed by atoms with E-state index in [1.807, 2.05) is 7.05 Å². The third-order valence-corrected chi connectivity index (χ3v) is 1.00. The van der Waals surface area contributed by atoms with E-state index in [4.69, 9.17) is 5.11 Å². The van der Waals surface area contributed by atoms with E-state index in [2.05, 4.69) is 16.8 Å². The van der Waals surface area contributed by atoms with Crippen LogP contribution in [0.4, 0.5) is 0 Å². The second-order valence-electron chi connectivity index (χ2n) is 1.88. The first kappa shape index (κ1) is 6.84. The number of hydrogen-bond acceptors (Lipinski definition) is 2. The molecule has 1 aromatic rings. The summed E-state index contributed by atoms with van der Waals surface area (Å²) in [6.45, 7) is -0.115. The van der Waals surface area contributed by atoms with Gasteiger partial charge in [-0.2, -0.15) is 0 Å². The topological polar surface area (TPSA) is 38.0 Å². The molecule has 10 heavy (non-hydrogen) atoms. The summed E-state index contributed by atoms with van der Waals surface area (Å²) in [6.07, 6.45) is 3.46. The lowest BCUT2D eigenvalue weighted by Gasteiger charge is -1.78. The molecule has 0 aliphatic carbocycles. The highest BCUT2D eigenvalue weighted by molar-refractivity contribution is 5.24. The van der Waals surface area contributed by atoms with Crippen molar-refractivity contribution in [1.29, 1.82) is 0 Å². The molecule has 0 bridgehead atoms. The van der Waals surface area contributed by atoms with Crippen LogP contribution in [0.1, 0.15) is 5.69 Å². The predicted molar refractivity (Wildman–Crippen MR) is 37.2 cm³/mol. The zero-order valence-corrected chi connectivity index (χ0v) is 5.70. The number of nitrogens with zero attached hydrogens (tertiary/aromatic N) is 2. The van der Waals surface area contributed by atoms with Gasteiger partial charge in [-0.25, -0.2) is 4.98 Å². The van der Waals surface area contributed by atoms with E-state index < -0.39 is 0 Å². The van der Waals surface area contributed by atoms with Crippen LogP contribution in [0.25, 0.3) is 0 Å². The van der Waals surface area contributed by atoms with E-state index in [0.29, 0.717) is 5.69 Å². The molecule has 0 aromatic carbocycles. The van der Waals surface area contributed by atoms with Crippen molar-refractivity contribution in [3.8, 4) is 11.8 Å². The molecule has 0 atom stereocenters. The molecule has 3 nitrogen and oxygen atoms in total. The Morgan fingerprint density at radius 1 is 1.80 bits per heavy atom. The Hall–Kier alpha value is -1.27. The summed E-state index contributed by atoms with van der Waals surface area (Å²) in [6, 6.07) is 0. The van der Waals surface area contributed by atoms with Crippen molar-refractivity contribution in [3.05, 3.63) is 18.2 Å². The summed E-state index contributed by atoms with van der Waals surface area (Å²) < 4.78 is 1.81. The highest BCUT2D eigenvalue weighted by atomic mass is 16.2.